The molecule has 0 radical (unpaired) electrons. The number of benzene rings is 2. The van der Waals surface area contributed by atoms with Gasteiger partial charge in [0.15, 0.2) is 6.61 Å². The van der Waals surface area contributed by atoms with Gasteiger partial charge in [-0.05, 0) is 29.9 Å². The van der Waals surface area contributed by atoms with E-state index in [1.807, 2.05) is 18.2 Å². The van der Waals surface area contributed by atoms with Crippen molar-refractivity contribution < 1.29 is 28.8 Å². The molecule has 10 nitrogen and oxygen atoms in total. The van der Waals surface area contributed by atoms with Gasteiger partial charge < -0.3 is 10.1 Å². The van der Waals surface area contributed by atoms with Gasteiger partial charge in [0, 0.05) is 24.2 Å². The lowest BCUT2D eigenvalue weighted by molar-refractivity contribution is -0.384. The zero-order chi connectivity index (χ0) is 25.4. The molecule has 5 atom stereocenters. The molecule has 2 aromatic rings. The molecule has 0 unspecified atom stereocenters. The Morgan fingerprint density at radius 3 is 2.33 bits per heavy atom. The minimum Gasteiger partial charge on any atom is -0.454 e. The summed E-state index contributed by atoms with van der Waals surface area (Å²) in [4.78, 5) is 63.6. The summed E-state index contributed by atoms with van der Waals surface area (Å²) in [5, 5.41) is 13.4. The van der Waals surface area contributed by atoms with Gasteiger partial charge in [-0.3, -0.25) is 29.4 Å². The molecule has 1 N–H and O–H groups in total. The summed E-state index contributed by atoms with van der Waals surface area (Å²) >= 11 is 0. The molecule has 2 fully saturated rings. The molecule has 0 aromatic heterocycles. The van der Waals surface area contributed by atoms with Gasteiger partial charge in [0.2, 0.25) is 11.8 Å². The Morgan fingerprint density at radius 1 is 1.03 bits per heavy atom. The van der Waals surface area contributed by atoms with Gasteiger partial charge in [-0.1, -0.05) is 48.6 Å². The molecule has 3 aliphatic rings. The third-order valence-electron chi connectivity index (χ3n) is 7.05. The second-order valence-corrected chi connectivity index (χ2v) is 9.22. The van der Waals surface area contributed by atoms with Crippen molar-refractivity contribution in [1.29, 1.82) is 0 Å². The summed E-state index contributed by atoms with van der Waals surface area (Å²) in [5.41, 5.74) is 0.707. The smallest absolute Gasteiger partial charge is 0.330 e. The lowest BCUT2D eigenvalue weighted by atomic mass is 9.85. The van der Waals surface area contributed by atoms with Crippen LogP contribution in [0.5, 0.6) is 0 Å². The number of imide groups is 1. The number of nitro benzene ring substituents is 1. The Labute approximate surface area is 206 Å². The monoisotopic (exact) mass is 489 g/mol. The summed E-state index contributed by atoms with van der Waals surface area (Å²) in [5.74, 6) is -3.25. The number of fused-ring (bicyclic) bond motifs is 5. The number of rotatable bonds is 8. The van der Waals surface area contributed by atoms with Crippen LogP contribution in [0.15, 0.2) is 66.7 Å². The zero-order valence-corrected chi connectivity index (χ0v) is 19.1. The molecule has 10 heteroatoms. The van der Waals surface area contributed by atoms with E-state index in [-0.39, 0.29) is 41.4 Å². The number of ether oxygens (including phenoxy) is 1. The number of esters is 1. The number of hydrogen-bond donors (Lipinski definition) is 1. The number of hydrogen-bond acceptors (Lipinski definition) is 7. The summed E-state index contributed by atoms with van der Waals surface area (Å²) in [6, 6.07) is 13.1. The van der Waals surface area contributed by atoms with Crippen LogP contribution in [0.4, 0.5) is 11.4 Å². The van der Waals surface area contributed by atoms with Crippen molar-refractivity contribution in [3.05, 3.63) is 82.4 Å². The standard InChI is InChI=1S/C26H23N3O7/c30-21(27-18-7-4-8-19(13-18)29(34)35)14-36-26(33)20(11-15-5-2-1-3-6-15)28-24(31)22-16-9-10-17(12-16)23(22)25(28)32/h1-10,13,16-17,20,22-23H,11-12,14H2,(H,27,30)/t16-,17-,20-,22-,23+/m0/s1. The maximum absolute atomic E-state index is 13.3. The Bertz CT molecular complexity index is 1250. The average molecular weight is 489 g/mol. The first-order chi connectivity index (χ1) is 17.3. The van der Waals surface area contributed by atoms with Crippen LogP contribution in [0, 0.1) is 33.8 Å². The van der Waals surface area contributed by atoms with Crippen LogP contribution in [0.25, 0.3) is 0 Å². The van der Waals surface area contributed by atoms with Crippen LogP contribution in [0.3, 0.4) is 0 Å². The van der Waals surface area contributed by atoms with Gasteiger partial charge in [-0.2, -0.15) is 0 Å². The number of likely N-dealkylation sites (tertiary alicyclic amines) is 1. The minimum atomic E-state index is -1.21. The van der Waals surface area contributed by atoms with E-state index in [1.165, 1.54) is 24.3 Å². The molecular formula is C26H23N3O7. The van der Waals surface area contributed by atoms with E-state index < -0.39 is 41.3 Å². The molecule has 1 saturated carbocycles. The first-order valence-corrected chi connectivity index (χ1v) is 11.6. The number of nitrogens with zero attached hydrogens (tertiary/aromatic N) is 2. The molecule has 3 amide bonds. The van der Waals surface area contributed by atoms with E-state index in [0.717, 1.165) is 16.9 Å². The Hall–Kier alpha value is -4.34. The predicted octanol–water partition coefficient (Wildman–Crippen LogP) is 2.49. The molecule has 1 aliphatic heterocycles. The number of allylic oxidation sites excluding steroid dienone is 2. The summed E-state index contributed by atoms with van der Waals surface area (Å²) in [6.45, 7) is -0.678. The van der Waals surface area contributed by atoms with E-state index in [2.05, 4.69) is 5.32 Å². The van der Waals surface area contributed by atoms with Crippen LogP contribution in [-0.4, -0.2) is 46.2 Å². The Balaban J connectivity index is 1.30. The van der Waals surface area contributed by atoms with Crippen molar-refractivity contribution in [2.24, 2.45) is 23.7 Å². The van der Waals surface area contributed by atoms with Crippen LogP contribution in [0.1, 0.15) is 12.0 Å². The largest absolute Gasteiger partial charge is 0.454 e. The highest BCUT2D eigenvalue weighted by molar-refractivity contribution is 6.09. The highest BCUT2D eigenvalue weighted by atomic mass is 16.6. The van der Waals surface area contributed by atoms with Crippen molar-refractivity contribution >= 4 is 35.1 Å². The molecule has 184 valence electrons. The third kappa shape index (κ3) is 4.26. The average Bonchev–Trinajstić information content (AvgIpc) is 3.56. The van der Waals surface area contributed by atoms with E-state index in [4.69, 9.17) is 4.74 Å². The predicted molar refractivity (Wildman–Crippen MR) is 126 cm³/mol. The zero-order valence-electron chi connectivity index (χ0n) is 19.1. The number of carbonyl (C=O) groups is 4. The van der Waals surface area contributed by atoms with Crippen molar-refractivity contribution in [1.82, 2.24) is 4.90 Å². The van der Waals surface area contributed by atoms with Gasteiger partial charge in [-0.15, -0.1) is 0 Å². The van der Waals surface area contributed by atoms with Crippen LogP contribution >= 0.6 is 0 Å². The van der Waals surface area contributed by atoms with Crippen molar-refractivity contribution in [2.75, 3.05) is 11.9 Å². The number of non-ortho nitro benzene ring substituents is 1. The highest BCUT2D eigenvalue weighted by Gasteiger charge is 2.61. The number of nitrogens with one attached hydrogen (secondary N) is 1. The number of nitro groups is 1. The first kappa shape index (κ1) is 23.4. The van der Waals surface area contributed by atoms with Crippen LogP contribution < -0.4 is 5.32 Å². The maximum atomic E-state index is 13.3. The minimum absolute atomic E-state index is 0.00412. The molecule has 36 heavy (non-hydrogen) atoms. The van der Waals surface area contributed by atoms with Crippen LogP contribution in [0.2, 0.25) is 0 Å². The number of anilines is 1. The van der Waals surface area contributed by atoms with E-state index >= 15 is 0 Å². The molecular weight excluding hydrogens is 466 g/mol. The van der Waals surface area contributed by atoms with Gasteiger partial charge in [0.25, 0.3) is 11.6 Å². The molecule has 1 saturated heterocycles. The number of amides is 3. The molecule has 2 aliphatic carbocycles. The third-order valence-corrected chi connectivity index (χ3v) is 7.05. The van der Waals surface area contributed by atoms with Crippen molar-refractivity contribution in [3.8, 4) is 0 Å². The number of carbonyl (C=O) groups excluding carboxylic acids is 4. The first-order valence-electron chi connectivity index (χ1n) is 11.6. The lowest BCUT2D eigenvalue weighted by Crippen LogP contribution is -2.48. The summed E-state index contributed by atoms with van der Waals surface area (Å²) in [7, 11) is 0. The SMILES string of the molecule is O=C(COC(=O)[C@H](Cc1ccccc1)N1C(=O)[C@@H]2[C@H](C1=O)[C@H]1C=C[C@H]2C1)Nc1cccc([N+](=O)[O-])c1. The Morgan fingerprint density at radius 2 is 1.69 bits per heavy atom. The summed E-state index contributed by atoms with van der Waals surface area (Å²) in [6.07, 6.45) is 4.78. The maximum Gasteiger partial charge on any atom is 0.330 e. The topological polar surface area (TPSA) is 136 Å². The van der Waals surface area contributed by atoms with Crippen molar-refractivity contribution in [3.63, 3.8) is 0 Å². The van der Waals surface area contributed by atoms with Gasteiger partial charge >= 0.3 is 5.97 Å². The molecule has 2 aromatic carbocycles. The second-order valence-electron chi connectivity index (χ2n) is 9.22. The fourth-order valence-electron chi connectivity index (χ4n) is 5.48. The summed E-state index contributed by atoms with van der Waals surface area (Å²) < 4.78 is 5.24. The molecule has 2 bridgehead atoms. The normalized spacial score (nSPS) is 24.5. The van der Waals surface area contributed by atoms with E-state index in [0.29, 0.717) is 0 Å². The lowest BCUT2D eigenvalue weighted by Gasteiger charge is -2.26. The fourth-order valence-corrected chi connectivity index (χ4v) is 5.48. The molecule has 0 spiro atoms. The fraction of sp³-hybridized carbons (Fsp3) is 0.308. The molecule has 1 heterocycles. The Kier molecular flexibility index (Phi) is 6.09. The quantitative estimate of drug-likeness (QED) is 0.198. The van der Waals surface area contributed by atoms with Gasteiger partial charge in [0.1, 0.15) is 6.04 Å². The van der Waals surface area contributed by atoms with Crippen LogP contribution in [-0.2, 0) is 30.3 Å². The highest BCUT2D eigenvalue weighted by Crippen LogP contribution is 2.53. The van der Waals surface area contributed by atoms with Gasteiger partial charge in [0.05, 0.1) is 16.8 Å². The second kappa shape index (κ2) is 9.37. The van der Waals surface area contributed by atoms with Crippen molar-refractivity contribution in [2.45, 2.75) is 18.9 Å². The van der Waals surface area contributed by atoms with E-state index in [9.17, 15) is 29.3 Å². The molecule has 5 rings (SSSR count). The van der Waals surface area contributed by atoms with E-state index in [1.54, 1.807) is 24.3 Å². The van der Waals surface area contributed by atoms with Gasteiger partial charge in [-0.25, -0.2) is 4.79 Å².